The van der Waals surface area contributed by atoms with E-state index in [-0.39, 0.29) is 68.0 Å². The van der Waals surface area contributed by atoms with E-state index in [0.29, 0.717) is 12.1 Å². The summed E-state index contributed by atoms with van der Waals surface area (Å²) in [6.45, 7) is 29.5. The van der Waals surface area contributed by atoms with Crippen LogP contribution in [0.5, 0.6) is 5.75 Å². The van der Waals surface area contributed by atoms with Gasteiger partial charge in [0.15, 0.2) is 0 Å². The van der Waals surface area contributed by atoms with Gasteiger partial charge in [-0.3, -0.25) is 14.7 Å². The molecule has 1 heterocycles. The minimum absolute atomic E-state index is 0. The zero-order valence-electron chi connectivity index (χ0n) is 23.0. The van der Waals surface area contributed by atoms with Crippen molar-refractivity contribution in [1.82, 2.24) is 14.7 Å². The smallest absolute Gasteiger partial charge is 0.872 e. The SMILES string of the molecule is CC(C)N1CCN(Cc2cc(C(C)(C)C)cc(C(C)(C)C)c2[O-])CCN(C(C)C)CC1.[K+]. The first kappa shape index (κ1) is 30.6. The Labute approximate surface area is 241 Å². The van der Waals surface area contributed by atoms with Crippen LogP contribution in [0.25, 0.3) is 0 Å². The van der Waals surface area contributed by atoms with Gasteiger partial charge in [-0.05, 0) is 55.2 Å². The van der Waals surface area contributed by atoms with Crippen LogP contribution in [-0.4, -0.2) is 66.1 Å². The molecule has 32 heavy (non-hydrogen) atoms. The Kier molecular flexibility index (Phi) is 11.9. The van der Waals surface area contributed by atoms with E-state index >= 15 is 0 Å². The Morgan fingerprint density at radius 3 is 1.56 bits per heavy atom. The number of hydrogen-bond acceptors (Lipinski definition) is 4. The van der Waals surface area contributed by atoms with E-state index < -0.39 is 0 Å². The van der Waals surface area contributed by atoms with Crippen molar-refractivity contribution in [2.75, 3.05) is 39.3 Å². The normalized spacial score (nSPS) is 18.4. The average Bonchev–Trinajstić information content (AvgIpc) is 2.72. The quantitative estimate of drug-likeness (QED) is 0.627. The van der Waals surface area contributed by atoms with Gasteiger partial charge in [0.05, 0.1) is 0 Å². The van der Waals surface area contributed by atoms with Crippen molar-refractivity contribution in [1.29, 1.82) is 0 Å². The van der Waals surface area contributed by atoms with E-state index in [1.807, 2.05) is 0 Å². The van der Waals surface area contributed by atoms with Crippen molar-refractivity contribution < 1.29 is 56.5 Å². The molecule has 0 atom stereocenters. The third kappa shape index (κ3) is 8.64. The van der Waals surface area contributed by atoms with Gasteiger partial charge in [-0.1, -0.05) is 53.7 Å². The largest absolute Gasteiger partial charge is 1.00 e. The summed E-state index contributed by atoms with van der Waals surface area (Å²) in [5, 5.41) is 13.5. The standard InChI is InChI=1S/C27H49N3O.K/c1-20(2)29-13-11-28(12-14-30(16-15-29)21(3)4)19-22-17-23(26(5,6)7)18-24(25(22)31)27(8,9)10;/h17-18,20-21,31H,11-16,19H2,1-10H3;/q;+1/p-1. The average molecular weight is 470 g/mol. The molecule has 1 aliphatic heterocycles. The van der Waals surface area contributed by atoms with Gasteiger partial charge in [-0.2, -0.15) is 0 Å². The van der Waals surface area contributed by atoms with Crippen molar-refractivity contribution >= 4 is 0 Å². The molecule has 178 valence electrons. The number of hydrogen-bond donors (Lipinski definition) is 0. The second-order valence-corrected chi connectivity index (χ2v) is 12.0. The number of nitrogens with zero attached hydrogens (tertiary/aromatic N) is 3. The van der Waals surface area contributed by atoms with E-state index in [9.17, 15) is 5.11 Å². The number of benzene rings is 1. The van der Waals surface area contributed by atoms with Crippen molar-refractivity contribution in [2.24, 2.45) is 0 Å². The topological polar surface area (TPSA) is 32.8 Å². The molecule has 2 rings (SSSR count). The fourth-order valence-electron chi connectivity index (χ4n) is 4.36. The molecule has 0 bridgehead atoms. The van der Waals surface area contributed by atoms with E-state index in [1.165, 1.54) is 5.56 Å². The fraction of sp³-hybridized carbons (Fsp3) is 0.778. The van der Waals surface area contributed by atoms with Gasteiger partial charge >= 0.3 is 51.4 Å². The maximum absolute atomic E-state index is 13.5. The summed E-state index contributed by atoms with van der Waals surface area (Å²) in [6.07, 6.45) is 0. The zero-order valence-corrected chi connectivity index (χ0v) is 26.1. The van der Waals surface area contributed by atoms with Gasteiger partial charge in [0.2, 0.25) is 0 Å². The molecule has 0 radical (unpaired) electrons. The fourth-order valence-corrected chi connectivity index (χ4v) is 4.36. The molecule has 4 nitrogen and oxygen atoms in total. The van der Waals surface area contributed by atoms with Crippen LogP contribution in [0.2, 0.25) is 0 Å². The molecule has 0 spiro atoms. The van der Waals surface area contributed by atoms with Crippen molar-refractivity contribution in [3.63, 3.8) is 0 Å². The van der Waals surface area contributed by atoms with Gasteiger partial charge < -0.3 is 5.11 Å². The second-order valence-electron chi connectivity index (χ2n) is 12.0. The summed E-state index contributed by atoms with van der Waals surface area (Å²) in [4.78, 5) is 7.67. The molecule has 1 aliphatic rings. The van der Waals surface area contributed by atoms with Crippen molar-refractivity contribution in [2.45, 2.75) is 98.7 Å². The van der Waals surface area contributed by atoms with Gasteiger partial charge in [-0.15, -0.1) is 5.75 Å². The predicted molar refractivity (Wildman–Crippen MR) is 132 cm³/mol. The Morgan fingerprint density at radius 2 is 1.19 bits per heavy atom. The molecule has 1 fully saturated rings. The van der Waals surface area contributed by atoms with Crippen LogP contribution in [0.15, 0.2) is 12.1 Å². The molecule has 1 aromatic carbocycles. The minimum Gasteiger partial charge on any atom is -0.872 e. The van der Waals surface area contributed by atoms with E-state index in [0.717, 1.165) is 56.9 Å². The molecule has 0 unspecified atom stereocenters. The van der Waals surface area contributed by atoms with Crippen LogP contribution >= 0.6 is 0 Å². The molecule has 0 aromatic heterocycles. The maximum Gasteiger partial charge on any atom is 1.00 e. The predicted octanol–water partition coefficient (Wildman–Crippen LogP) is 1.60. The molecule has 0 amide bonds. The Bertz CT molecular complexity index is 699. The van der Waals surface area contributed by atoms with Gasteiger partial charge in [0, 0.05) is 57.9 Å². The van der Waals surface area contributed by atoms with Gasteiger partial charge in [-0.25, -0.2) is 0 Å². The maximum atomic E-state index is 13.5. The summed E-state index contributed by atoms with van der Waals surface area (Å²) in [6, 6.07) is 5.43. The molecule has 1 aromatic rings. The molecular weight excluding hydrogens is 421 g/mol. The van der Waals surface area contributed by atoms with Crippen LogP contribution in [0.4, 0.5) is 0 Å². The molecule has 0 aliphatic carbocycles. The van der Waals surface area contributed by atoms with Crippen LogP contribution in [0.1, 0.15) is 85.9 Å². The van der Waals surface area contributed by atoms with Crippen LogP contribution in [0, 0.1) is 0 Å². The summed E-state index contributed by atoms with van der Waals surface area (Å²) < 4.78 is 0. The first-order valence-electron chi connectivity index (χ1n) is 12.3. The van der Waals surface area contributed by atoms with Crippen molar-refractivity contribution in [3.05, 3.63) is 28.8 Å². The summed E-state index contributed by atoms with van der Waals surface area (Å²) in [7, 11) is 0. The Balaban J connectivity index is 0.00000512. The second kappa shape index (κ2) is 12.5. The minimum atomic E-state index is -0.149. The van der Waals surface area contributed by atoms with Crippen LogP contribution in [-0.2, 0) is 17.4 Å². The molecule has 0 saturated carbocycles. The first-order valence-corrected chi connectivity index (χ1v) is 12.3. The van der Waals surface area contributed by atoms with Crippen LogP contribution < -0.4 is 56.5 Å². The van der Waals surface area contributed by atoms with Gasteiger partial charge in [0.25, 0.3) is 0 Å². The van der Waals surface area contributed by atoms with E-state index in [2.05, 4.69) is 96.1 Å². The Hall–Kier alpha value is 0.536. The summed E-state index contributed by atoms with van der Waals surface area (Å²) >= 11 is 0. The molecule has 0 N–H and O–H groups in total. The third-order valence-corrected chi connectivity index (χ3v) is 6.78. The van der Waals surface area contributed by atoms with Crippen LogP contribution in [0.3, 0.4) is 0 Å². The van der Waals surface area contributed by atoms with Crippen molar-refractivity contribution in [3.8, 4) is 5.75 Å². The van der Waals surface area contributed by atoms with E-state index in [1.54, 1.807) is 0 Å². The summed E-state index contributed by atoms with van der Waals surface area (Å²) in [5.74, 6) is 0.238. The molecular formula is C27H48KN3O. The summed E-state index contributed by atoms with van der Waals surface area (Å²) in [5.41, 5.74) is 3.06. The molecule has 5 heteroatoms. The van der Waals surface area contributed by atoms with Gasteiger partial charge in [0.1, 0.15) is 0 Å². The monoisotopic (exact) mass is 469 g/mol. The third-order valence-electron chi connectivity index (χ3n) is 6.78. The molecule has 1 saturated heterocycles. The Morgan fingerprint density at radius 1 is 0.750 bits per heavy atom. The van der Waals surface area contributed by atoms with E-state index in [4.69, 9.17) is 0 Å². The first-order chi connectivity index (χ1) is 14.2. The number of rotatable bonds is 4. The zero-order chi connectivity index (χ0) is 23.6.